The minimum atomic E-state index is -0.473. The van der Waals surface area contributed by atoms with Crippen LogP contribution in [0.3, 0.4) is 0 Å². The van der Waals surface area contributed by atoms with Crippen molar-refractivity contribution in [3.8, 4) is 5.75 Å². The Morgan fingerprint density at radius 2 is 1.88 bits per heavy atom. The summed E-state index contributed by atoms with van der Waals surface area (Å²) in [4.78, 5) is 22.6. The normalized spacial score (nSPS) is 11.0. The third-order valence-electron chi connectivity index (χ3n) is 3.85. The van der Waals surface area contributed by atoms with Gasteiger partial charge in [-0.3, -0.25) is 14.9 Å². The van der Waals surface area contributed by atoms with Crippen LogP contribution in [-0.2, 0) is 10.2 Å². The van der Waals surface area contributed by atoms with Crippen LogP contribution in [0.1, 0.15) is 31.9 Å². The van der Waals surface area contributed by atoms with Crippen molar-refractivity contribution in [3.05, 3.63) is 63.7 Å². The van der Waals surface area contributed by atoms with Crippen molar-refractivity contribution in [3.63, 3.8) is 0 Å². The van der Waals surface area contributed by atoms with Crippen LogP contribution in [0, 0.1) is 17.0 Å². The lowest BCUT2D eigenvalue weighted by Gasteiger charge is -2.19. The van der Waals surface area contributed by atoms with E-state index in [1.165, 1.54) is 12.1 Å². The molecule has 25 heavy (non-hydrogen) atoms. The van der Waals surface area contributed by atoms with E-state index in [4.69, 9.17) is 4.74 Å². The summed E-state index contributed by atoms with van der Waals surface area (Å²) in [6, 6.07) is 12.2. The molecular weight excluding hydrogens is 320 g/mol. The summed E-state index contributed by atoms with van der Waals surface area (Å²) in [7, 11) is 0. The van der Waals surface area contributed by atoms with E-state index in [0.29, 0.717) is 17.0 Å². The Hall–Kier alpha value is -2.89. The minimum Gasteiger partial charge on any atom is -0.484 e. The summed E-state index contributed by atoms with van der Waals surface area (Å²) in [5.74, 6) is 0.239. The van der Waals surface area contributed by atoms with E-state index in [1.54, 1.807) is 19.1 Å². The maximum atomic E-state index is 12.1. The molecule has 0 aliphatic carbocycles. The monoisotopic (exact) mass is 342 g/mol. The highest BCUT2D eigenvalue weighted by Gasteiger charge is 2.16. The highest BCUT2D eigenvalue weighted by molar-refractivity contribution is 5.93. The molecule has 0 saturated carbocycles. The first kappa shape index (κ1) is 18.4. The smallest absolute Gasteiger partial charge is 0.274 e. The lowest BCUT2D eigenvalue weighted by atomic mass is 9.87. The number of hydrogen-bond acceptors (Lipinski definition) is 4. The van der Waals surface area contributed by atoms with Gasteiger partial charge in [0.25, 0.3) is 11.6 Å². The molecule has 0 heterocycles. The molecule has 0 aliphatic heterocycles. The van der Waals surface area contributed by atoms with Gasteiger partial charge in [0, 0.05) is 6.07 Å². The van der Waals surface area contributed by atoms with Gasteiger partial charge in [-0.2, -0.15) is 0 Å². The Bertz CT molecular complexity index is 794. The van der Waals surface area contributed by atoms with Gasteiger partial charge in [0.1, 0.15) is 5.75 Å². The van der Waals surface area contributed by atoms with Crippen LogP contribution in [0.4, 0.5) is 11.4 Å². The highest BCUT2D eigenvalue weighted by atomic mass is 16.6. The van der Waals surface area contributed by atoms with E-state index in [0.717, 1.165) is 5.56 Å². The molecule has 0 aliphatic rings. The van der Waals surface area contributed by atoms with E-state index < -0.39 is 4.92 Å². The molecule has 0 atom stereocenters. The number of hydrogen-bond donors (Lipinski definition) is 1. The number of anilines is 1. The first-order chi connectivity index (χ1) is 11.7. The topological polar surface area (TPSA) is 81.5 Å². The summed E-state index contributed by atoms with van der Waals surface area (Å²) < 4.78 is 5.55. The van der Waals surface area contributed by atoms with Gasteiger partial charge in [0.05, 0.1) is 16.2 Å². The van der Waals surface area contributed by atoms with Crippen molar-refractivity contribution in [2.75, 3.05) is 11.9 Å². The average Bonchev–Trinajstić information content (AvgIpc) is 2.54. The molecule has 1 amide bonds. The summed E-state index contributed by atoms with van der Waals surface area (Å²) in [6.45, 7) is 7.73. The molecule has 132 valence electrons. The average molecular weight is 342 g/mol. The van der Waals surface area contributed by atoms with Crippen LogP contribution in [-0.4, -0.2) is 17.4 Å². The predicted octanol–water partition coefficient (Wildman–Crippen LogP) is 4.22. The summed E-state index contributed by atoms with van der Waals surface area (Å²) in [5.41, 5.74) is 1.89. The predicted molar refractivity (Wildman–Crippen MR) is 97.1 cm³/mol. The fourth-order valence-corrected chi connectivity index (χ4v) is 2.34. The lowest BCUT2D eigenvalue weighted by Crippen LogP contribution is -2.21. The van der Waals surface area contributed by atoms with Crippen molar-refractivity contribution in [1.29, 1.82) is 0 Å². The SMILES string of the molecule is Cc1c(NC(=O)COc2cccc(C(C)(C)C)c2)cccc1[N+](=O)[O-]. The van der Waals surface area contributed by atoms with Crippen molar-refractivity contribution in [2.45, 2.75) is 33.1 Å². The zero-order valence-electron chi connectivity index (χ0n) is 14.8. The summed E-state index contributed by atoms with van der Waals surface area (Å²) in [5, 5.41) is 13.6. The van der Waals surface area contributed by atoms with Crippen LogP contribution in [0.15, 0.2) is 42.5 Å². The first-order valence-corrected chi connectivity index (χ1v) is 7.95. The Morgan fingerprint density at radius 3 is 2.52 bits per heavy atom. The summed E-state index contributed by atoms with van der Waals surface area (Å²) >= 11 is 0. The number of carbonyl (C=O) groups excluding carboxylic acids is 1. The van der Waals surface area contributed by atoms with E-state index in [1.807, 2.05) is 18.2 Å². The zero-order chi connectivity index (χ0) is 18.6. The summed E-state index contributed by atoms with van der Waals surface area (Å²) in [6.07, 6.45) is 0. The molecule has 6 nitrogen and oxygen atoms in total. The quantitative estimate of drug-likeness (QED) is 0.651. The van der Waals surface area contributed by atoms with E-state index in [9.17, 15) is 14.9 Å². The Balaban J connectivity index is 2.03. The molecule has 0 spiro atoms. The van der Waals surface area contributed by atoms with Crippen molar-refractivity contribution in [2.24, 2.45) is 0 Å². The lowest BCUT2D eigenvalue weighted by molar-refractivity contribution is -0.385. The second kappa shape index (κ2) is 7.34. The molecule has 1 N–H and O–H groups in total. The van der Waals surface area contributed by atoms with Gasteiger partial charge in [0.15, 0.2) is 6.61 Å². The number of benzene rings is 2. The number of rotatable bonds is 5. The molecule has 0 fully saturated rings. The number of amides is 1. The van der Waals surface area contributed by atoms with Crippen molar-refractivity contribution >= 4 is 17.3 Å². The van der Waals surface area contributed by atoms with Gasteiger partial charge in [-0.15, -0.1) is 0 Å². The second-order valence-corrected chi connectivity index (χ2v) is 6.82. The Labute approximate surface area is 147 Å². The molecule has 2 aromatic carbocycles. The van der Waals surface area contributed by atoms with Gasteiger partial charge in [0.2, 0.25) is 0 Å². The van der Waals surface area contributed by atoms with E-state index >= 15 is 0 Å². The Kier molecular flexibility index (Phi) is 5.41. The fourth-order valence-electron chi connectivity index (χ4n) is 2.34. The third-order valence-corrected chi connectivity index (χ3v) is 3.85. The molecule has 0 aromatic heterocycles. The van der Waals surface area contributed by atoms with Crippen molar-refractivity contribution in [1.82, 2.24) is 0 Å². The molecular formula is C19H22N2O4. The molecule has 2 rings (SSSR count). The number of nitrogens with one attached hydrogen (secondary N) is 1. The number of carbonyl (C=O) groups is 1. The van der Waals surface area contributed by atoms with Crippen molar-refractivity contribution < 1.29 is 14.5 Å². The zero-order valence-corrected chi connectivity index (χ0v) is 14.8. The molecule has 0 bridgehead atoms. The van der Waals surface area contributed by atoms with E-state index in [2.05, 4.69) is 26.1 Å². The molecule has 6 heteroatoms. The Morgan fingerprint density at radius 1 is 1.20 bits per heavy atom. The largest absolute Gasteiger partial charge is 0.484 e. The third kappa shape index (κ3) is 4.79. The minimum absolute atomic E-state index is 0.0122. The van der Waals surface area contributed by atoms with Gasteiger partial charge in [-0.25, -0.2) is 0 Å². The van der Waals surface area contributed by atoms with Crippen LogP contribution >= 0.6 is 0 Å². The maximum absolute atomic E-state index is 12.1. The molecule has 0 saturated heterocycles. The molecule has 2 aromatic rings. The van der Waals surface area contributed by atoms with Crippen LogP contribution in [0.2, 0.25) is 0 Å². The number of nitrogens with zero attached hydrogens (tertiary/aromatic N) is 1. The van der Waals surface area contributed by atoms with Crippen LogP contribution in [0.5, 0.6) is 5.75 Å². The van der Waals surface area contributed by atoms with Gasteiger partial charge < -0.3 is 10.1 Å². The van der Waals surface area contributed by atoms with Gasteiger partial charge in [-0.05, 0) is 36.1 Å². The van der Waals surface area contributed by atoms with Gasteiger partial charge >= 0.3 is 0 Å². The number of nitro groups is 1. The van der Waals surface area contributed by atoms with Gasteiger partial charge in [-0.1, -0.05) is 39.0 Å². The maximum Gasteiger partial charge on any atom is 0.274 e. The first-order valence-electron chi connectivity index (χ1n) is 7.95. The fraction of sp³-hybridized carbons (Fsp3) is 0.316. The van der Waals surface area contributed by atoms with Crippen LogP contribution in [0.25, 0.3) is 0 Å². The second-order valence-electron chi connectivity index (χ2n) is 6.82. The highest BCUT2D eigenvalue weighted by Crippen LogP contribution is 2.26. The van der Waals surface area contributed by atoms with E-state index in [-0.39, 0.29) is 23.6 Å². The molecule has 0 unspecified atom stereocenters. The number of ether oxygens (including phenoxy) is 1. The van der Waals surface area contributed by atoms with Crippen LogP contribution < -0.4 is 10.1 Å². The number of nitro benzene ring substituents is 1. The standard InChI is InChI=1S/C19H22N2O4/c1-13-16(9-6-10-17(13)21(23)24)20-18(22)12-25-15-8-5-7-14(11-15)19(2,3)4/h5-11H,12H2,1-4H3,(H,20,22). The molecule has 0 radical (unpaired) electrons.